The first-order chi connectivity index (χ1) is 8.50. The minimum absolute atomic E-state index is 0.00499. The van der Waals surface area contributed by atoms with Crippen LogP contribution in [0.3, 0.4) is 0 Å². The van der Waals surface area contributed by atoms with E-state index in [-0.39, 0.29) is 12.1 Å². The second-order valence-electron chi connectivity index (χ2n) is 4.81. The van der Waals surface area contributed by atoms with Crippen molar-refractivity contribution in [1.29, 1.82) is 0 Å². The molecule has 2 unspecified atom stereocenters. The lowest BCUT2D eigenvalue weighted by atomic mass is 10.0. The molecule has 0 fully saturated rings. The molecule has 0 aliphatic rings. The van der Waals surface area contributed by atoms with Crippen LogP contribution >= 0.6 is 22.9 Å². The first-order valence-electron chi connectivity index (χ1n) is 6.03. The maximum Gasteiger partial charge on any atom is 0.0954 e. The fourth-order valence-corrected chi connectivity index (χ4v) is 3.04. The van der Waals surface area contributed by atoms with E-state index < -0.39 is 0 Å². The molecule has 2 aromatic heterocycles. The van der Waals surface area contributed by atoms with E-state index in [9.17, 15) is 0 Å². The third-order valence-electron chi connectivity index (χ3n) is 3.18. The van der Waals surface area contributed by atoms with Crippen molar-refractivity contribution in [1.82, 2.24) is 9.55 Å². The van der Waals surface area contributed by atoms with Crippen molar-refractivity contribution in [2.45, 2.75) is 32.9 Å². The quantitative estimate of drug-likeness (QED) is 0.926. The summed E-state index contributed by atoms with van der Waals surface area (Å²) in [6.07, 6.45) is 3.70. The molecule has 0 saturated carbocycles. The average Bonchev–Trinajstić information content (AvgIpc) is 2.95. The molecule has 98 valence electrons. The fourth-order valence-electron chi connectivity index (χ4n) is 1.93. The largest absolute Gasteiger partial charge is 0.325 e. The van der Waals surface area contributed by atoms with Gasteiger partial charge >= 0.3 is 0 Å². The molecule has 18 heavy (non-hydrogen) atoms. The van der Waals surface area contributed by atoms with Gasteiger partial charge < -0.3 is 10.3 Å². The highest BCUT2D eigenvalue weighted by Crippen LogP contribution is 2.31. The van der Waals surface area contributed by atoms with E-state index in [4.69, 9.17) is 17.3 Å². The molecule has 0 aromatic carbocycles. The van der Waals surface area contributed by atoms with Crippen molar-refractivity contribution < 1.29 is 0 Å². The molecule has 2 rings (SSSR count). The fraction of sp³-hybridized carbons (Fsp3) is 0.462. The van der Waals surface area contributed by atoms with Crippen LogP contribution in [-0.4, -0.2) is 9.55 Å². The molecule has 2 atom stereocenters. The molecule has 0 bridgehead atoms. The van der Waals surface area contributed by atoms with E-state index in [0.717, 1.165) is 10.0 Å². The molecule has 2 aromatic rings. The number of hydrogen-bond acceptors (Lipinski definition) is 3. The third kappa shape index (κ3) is 2.60. The summed E-state index contributed by atoms with van der Waals surface area (Å²) in [6, 6.07) is 4.20. The van der Waals surface area contributed by atoms with Gasteiger partial charge in [0.15, 0.2) is 0 Å². The van der Waals surface area contributed by atoms with Crippen molar-refractivity contribution in [3.05, 3.63) is 39.6 Å². The van der Waals surface area contributed by atoms with Gasteiger partial charge in [0, 0.05) is 17.1 Å². The standard InChI is InChI=1S/C13H18ClN3S/c1-8(2)13(15)10-6-16-7-17(10)9(3)11-4-5-12(14)18-11/h4-9,13H,15H2,1-3H3. The van der Waals surface area contributed by atoms with Crippen LogP contribution in [-0.2, 0) is 0 Å². The summed E-state index contributed by atoms with van der Waals surface area (Å²) >= 11 is 7.59. The number of nitrogens with two attached hydrogens (primary N) is 1. The Hall–Kier alpha value is -0.840. The zero-order chi connectivity index (χ0) is 13.3. The van der Waals surface area contributed by atoms with Crippen molar-refractivity contribution in [3.63, 3.8) is 0 Å². The van der Waals surface area contributed by atoms with Crippen LogP contribution in [0, 0.1) is 5.92 Å². The lowest BCUT2D eigenvalue weighted by molar-refractivity contribution is 0.469. The van der Waals surface area contributed by atoms with Gasteiger partial charge in [0.1, 0.15) is 0 Å². The van der Waals surface area contributed by atoms with Gasteiger partial charge in [-0.15, -0.1) is 11.3 Å². The number of thiophene rings is 1. The summed E-state index contributed by atoms with van der Waals surface area (Å²) < 4.78 is 2.94. The number of rotatable bonds is 4. The van der Waals surface area contributed by atoms with Gasteiger partial charge in [-0.25, -0.2) is 4.98 Å². The van der Waals surface area contributed by atoms with Crippen molar-refractivity contribution >= 4 is 22.9 Å². The summed E-state index contributed by atoms with van der Waals surface area (Å²) in [5, 5.41) is 0. The minimum atomic E-state index is 0.00499. The summed E-state index contributed by atoms with van der Waals surface area (Å²) in [5.41, 5.74) is 7.29. The van der Waals surface area contributed by atoms with E-state index in [1.54, 1.807) is 11.3 Å². The summed E-state index contributed by atoms with van der Waals surface area (Å²) in [5.74, 6) is 0.388. The second kappa shape index (κ2) is 5.43. The minimum Gasteiger partial charge on any atom is -0.325 e. The smallest absolute Gasteiger partial charge is 0.0954 e. The maximum atomic E-state index is 6.22. The average molecular weight is 284 g/mol. The van der Waals surface area contributed by atoms with Gasteiger partial charge in [0.05, 0.1) is 22.4 Å². The lowest BCUT2D eigenvalue weighted by Crippen LogP contribution is -2.21. The van der Waals surface area contributed by atoms with E-state index in [1.165, 1.54) is 4.88 Å². The van der Waals surface area contributed by atoms with Crippen LogP contribution in [0.2, 0.25) is 4.34 Å². The molecule has 3 nitrogen and oxygen atoms in total. The Labute approximate surface area is 117 Å². The Balaban J connectivity index is 2.31. The first kappa shape index (κ1) is 13.6. The van der Waals surface area contributed by atoms with Gasteiger partial charge in [-0.3, -0.25) is 0 Å². The normalized spacial score (nSPS) is 15.0. The van der Waals surface area contributed by atoms with Gasteiger partial charge in [0.25, 0.3) is 0 Å². The molecular weight excluding hydrogens is 266 g/mol. The summed E-state index contributed by atoms with van der Waals surface area (Å²) in [7, 11) is 0. The van der Waals surface area contributed by atoms with Crippen LogP contribution in [0.4, 0.5) is 0 Å². The van der Waals surface area contributed by atoms with E-state index >= 15 is 0 Å². The predicted molar refractivity (Wildman–Crippen MR) is 77.1 cm³/mol. The van der Waals surface area contributed by atoms with Crippen LogP contribution in [0.25, 0.3) is 0 Å². The molecule has 0 aliphatic carbocycles. The Bertz CT molecular complexity index is 518. The topological polar surface area (TPSA) is 43.8 Å². The van der Waals surface area contributed by atoms with Crippen molar-refractivity contribution in [2.24, 2.45) is 11.7 Å². The molecule has 2 heterocycles. The Morgan fingerprint density at radius 3 is 2.61 bits per heavy atom. The molecule has 0 saturated heterocycles. The van der Waals surface area contributed by atoms with Crippen LogP contribution < -0.4 is 5.73 Å². The molecule has 0 aliphatic heterocycles. The van der Waals surface area contributed by atoms with Crippen LogP contribution in [0.1, 0.15) is 43.4 Å². The van der Waals surface area contributed by atoms with Crippen LogP contribution in [0.15, 0.2) is 24.7 Å². The number of aromatic nitrogens is 2. The predicted octanol–water partition coefficient (Wildman–Crippen LogP) is 3.86. The Morgan fingerprint density at radius 1 is 1.33 bits per heavy atom. The Morgan fingerprint density at radius 2 is 2.06 bits per heavy atom. The summed E-state index contributed by atoms with van der Waals surface area (Å²) in [6.45, 7) is 6.38. The molecular formula is C13H18ClN3S. The van der Waals surface area contributed by atoms with Gasteiger partial charge in [-0.1, -0.05) is 25.4 Å². The molecule has 0 spiro atoms. The maximum absolute atomic E-state index is 6.22. The molecule has 0 amide bonds. The number of imidazole rings is 1. The summed E-state index contributed by atoms with van der Waals surface area (Å²) in [4.78, 5) is 5.45. The monoisotopic (exact) mass is 283 g/mol. The highest BCUT2D eigenvalue weighted by molar-refractivity contribution is 7.16. The van der Waals surface area contributed by atoms with E-state index in [2.05, 4.69) is 36.4 Å². The van der Waals surface area contributed by atoms with Gasteiger partial charge in [-0.2, -0.15) is 0 Å². The SMILES string of the molecule is CC(C)C(N)c1cncn1C(C)c1ccc(Cl)s1. The Kier molecular flexibility index (Phi) is 4.10. The second-order valence-corrected chi connectivity index (χ2v) is 6.56. The van der Waals surface area contributed by atoms with E-state index in [1.807, 2.05) is 18.6 Å². The molecule has 0 radical (unpaired) electrons. The van der Waals surface area contributed by atoms with Crippen molar-refractivity contribution in [2.75, 3.05) is 0 Å². The van der Waals surface area contributed by atoms with Crippen molar-refractivity contribution in [3.8, 4) is 0 Å². The zero-order valence-electron chi connectivity index (χ0n) is 10.8. The first-order valence-corrected chi connectivity index (χ1v) is 7.22. The number of nitrogens with zero attached hydrogens (tertiary/aromatic N) is 2. The molecule has 5 heteroatoms. The number of halogens is 1. The van der Waals surface area contributed by atoms with Crippen LogP contribution in [0.5, 0.6) is 0 Å². The highest BCUT2D eigenvalue weighted by atomic mass is 35.5. The zero-order valence-corrected chi connectivity index (χ0v) is 12.4. The highest BCUT2D eigenvalue weighted by Gasteiger charge is 2.19. The third-order valence-corrected chi connectivity index (χ3v) is 4.58. The lowest BCUT2D eigenvalue weighted by Gasteiger charge is -2.21. The molecule has 2 N–H and O–H groups in total. The van der Waals surface area contributed by atoms with Gasteiger partial charge in [-0.05, 0) is 25.0 Å². The van der Waals surface area contributed by atoms with Gasteiger partial charge in [0.2, 0.25) is 0 Å². The number of hydrogen-bond donors (Lipinski definition) is 1. The van der Waals surface area contributed by atoms with E-state index in [0.29, 0.717) is 5.92 Å².